The number of hydrogen-bond acceptors (Lipinski definition) is 3. The molecule has 1 saturated heterocycles. The van der Waals surface area contributed by atoms with Gasteiger partial charge in [-0.3, -0.25) is 0 Å². The van der Waals surface area contributed by atoms with Crippen LogP contribution in [0.3, 0.4) is 0 Å². The largest absolute Gasteiger partial charge is 0.338 e. The molecular formula is C19H21ClFN3O3S. The monoisotopic (exact) mass is 425 g/mol. The third-order valence-corrected chi connectivity index (χ3v) is 6.77. The molecule has 28 heavy (non-hydrogen) atoms. The van der Waals surface area contributed by atoms with E-state index in [-0.39, 0.29) is 37.1 Å². The Morgan fingerprint density at radius 3 is 2.32 bits per heavy atom. The highest BCUT2D eigenvalue weighted by atomic mass is 35.5. The topological polar surface area (TPSA) is 69.7 Å². The summed E-state index contributed by atoms with van der Waals surface area (Å²) in [6, 6.07) is 12.5. The van der Waals surface area contributed by atoms with Crippen LogP contribution in [0, 0.1) is 5.82 Å². The molecule has 0 spiro atoms. The van der Waals surface area contributed by atoms with E-state index in [9.17, 15) is 17.6 Å². The average molecular weight is 426 g/mol. The Morgan fingerprint density at radius 2 is 1.68 bits per heavy atom. The van der Waals surface area contributed by atoms with E-state index in [0.29, 0.717) is 18.0 Å². The van der Waals surface area contributed by atoms with Crippen molar-refractivity contribution in [3.05, 3.63) is 64.9 Å². The van der Waals surface area contributed by atoms with Crippen LogP contribution in [0.2, 0.25) is 5.02 Å². The van der Waals surface area contributed by atoms with E-state index in [1.807, 2.05) is 12.1 Å². The zero-order valence-electron chi connectivity index (χ0n) is 15.1. The number of hydrogen-bond donors (Lipinski definition) is 1. The van der Waals surface area contributed by atoms with Crippen molar-refractivity contribution in [2.24, 2.45) is 0 Å². The summed E-state index contributed by atoms with van der Waals surface area (Å²) in [6.45, 7) is 1.22. The Hall–Kier alpha value is -2.16. The van der Waals surface area contributed by atoms with Crippen LogP contribution < -0.4 is 5.32 Å². The van der Waals surface area contributed by atoms with Crippen LogP contribution in [-0.2, 0) is 16.4 Å². The van der Waals surface area contributed by atoms with Crippen LogP contribution in [0.15, 0.2) is 53.4 Å². The van der Waals surface area contributed by atoms with E-state index in [2.05, 4.69) is 5.32 Å². The number of sulfonamides is 1. The number of halogens is 2. The molecule has 2 aromatic rings. The van der Waals surface area contributed by atoms with Crippen molar-refractivity contribution in [3.8, 4) is 0 Å². The first kappa shape index (κ1) is 20.6. The quantitative estimate of drug-likeness (QED) is 0.800. The molecule has 2 amide bonds. The molecule has 0 aromatic heterocycles. The van der Waals surface area contributed by atoms with Gasteiger partial charge in [0, 0.05) is 37.7 Å². The van der Waals surface area contributed by atoms with Gasteiger partial charge in [-0.15, -0.1) is 0 Å². The molecule has 1 aliphatic heterocycles. The fourth-order valence-corrected chi connectivity index (χ4v) is 4.61. The SMILES string of the molecule is O=C(NCCc1ccc(Cl)cc1)N1CCN(S(=O)(=O)c2ccccc2F)CC1. The first-order chi connectivity index (χ1) is 13.4. The predicted octanol–water partition coefficient (Wildman–Crippen LogP) is 2.74. The first-order valence-corrected chi connectivity index (χ1v) is 10.7. The number of benzene rings is 2. The van der Waals surface area contributed by atoms with E-state index in [1.165, 1.54) is 22.5 Å². The van der Waals surface area contributed by atoms with Crippen molar-refractivity contribution in [1.82, 2.24) is 14.5 Å². The summed E-state index contributed by atoms with van der Waals surface area (Å²) >= 11 is 5.85. The minimum atomic E-state index is -3.91. The normalized spacial score (nSPS) is 15.4. The van der Waals surface area contributed by atoms with Crippen molar-refractivity contribution in [1.29, 1.82) is 0 Å². The van der Waals surface area contributed by atoms with Gasteiger partial charge in [-0.25, -0.2) is 17.6 Å². The molecule has 0 bridgehead atoms. The van der Waals surface area contributed by atoms with Gasteiger partial charge >= 0.3 is 6.03 Å². The van der Waals surface area contributed by atoms with Crippen LogP contribution in [0.25, 0.3) is 0 Å². The summed E-state index contributed by atoms with van der Waals surface area (Å²) in [5.74, 6) is -0.773. The summed E-state index contributed by atoms with van der Waals surface area (Å²) in [7, 11) is -3.91. The second kappa shape index (κ2) is 8.89. The van der Waals surface area contributed by atoms with Gasteiger partial charge in [-0.2, -0.15) is 4.31 Å². The summed E-state index contributed by atoms with van der Waals surface area (Å²) < 4.78 is 40.3. The van der Waals surface area contributed by atoms with Gasteiger partial charge in [-0.1, -0.05) is 35.9 Å². The van der Waals surface area contributed by atoms with Crippen LogP contribution in [0.4, 0.5) is 9.18 Å². The predicted molar refractivity (Wildman–Crippen MR) is 105 cm³/mol. The van der Waals surface area contributed by atoms with Gasteiger partial charge < -0.3 is 10.2 Å². The molecule has 1 N–H and O–H groups in total. The highest BCUT2D eigenvalue weighted by Crippen LogP contribution is 2.20. The molecule has 0 radical (unpaired) electrons. The van der Waals surface area contributed by atoms with Gasteiger partial charge in [-0.05, 0) is 36.2 Å². The summed E-state index contributed by atoms with van der Waals surface area (Å²) in [5.41, 5.74) is 1.06. The minimum absolute atomic E-state index is 0.126. The highest BCUT2D eigenvalue weighted by molar-refractivity contribution is 7.89. The standard InChI is InChI=1S/C19H21ClFN3O3S/c20-16-7-5-15(6-8-16)9-10-22-19(25)23-11-13-24(14-12-23)28(26,27)18-4-2-1-3-17(18)21/h1-8H,9-14H2,(H,22,25). The molecule has 0 aliphatic carbocycles. The van der Waals surface area contributed by atoms with Crippen LogP contribution >= 0.6 is 11.6 Å². The molecule has 9 heteroatoms. The highest BCUT2D eigenvalue weighted by Gasteiger charge is 2.31. The zero-order chi connectivity index (χ0) is 20.1. The first-order valence-electron chi connectivity index (χ1n) is 8.90. The maximum absolute atomic E-state index is 13.9. The van der Waals surface area contributed by atoms with Crippen molar-refractivity contribution in [3.63, 3.8) is 0 Å². The Bertz CT molecular complexity index is 930. The molecule has 0 saturated carbocycles. The lowest BCUT2D eigenvalue weighted by atomic mass is 10.1. The molecule has 1 heterocycles. The average Bonchev–Trinajstić information content (AvgIpc) is 2.69. The van der Waals surface area contributed by atoms with E-state index < -0.39 is 15.8 Å². The Labute approximate surface area is 168 Å². The number of nitrogens with zero attached hydrogens (tertiary/aromatic N) is 2. The Balaban J connectivity index is 1.50. The summed E-state index contributed by atoms with van der Waals surface area (Å²) in [5, 5.41) is 3.50. The number of rotatable bonds is 5. The summed E-state index contributed by atoms with van der Waals surface area (Å²) in [4.78, 5) is 13.5. The molecule has 0 unspecified atom stereocenters. The lowest BCUT2D eigenvalue weighted by Crippen LogP contribution is -2.53. The number of piperazine rings is 1. The molecule has 0 atom stereocenters. The Morgan fingerprint density at radius 1 is 1.04 bits per heavy atom. The van der Waals surface area contributed by atoms with E-state index in [4.69, 9.17) is 11.6 Å². The number of carbonyl (C=O) groups excluding carboxylic acids is 1. The number of nitrogens with one attached hydrogen (secondary N) is 1. The minimum Gasteiger partial charge on any atom is -0.338 e. The van der Waals surface area contributed by atoms with Gasteiger partial charge in [0.2, 0.25) is 10.0 Å². The van der Waals surface area contributed by atoms with Gasteiger partial charge in [0.15, 0.2) is 0 Å². The number of urea groups is 1. The van der Waals surface area contributed by atoms with Crippen LogP contribution in [0.1, 0.15) is 5.56 Å². The van der Waals surface area contributed by atoms with Crippen LogP contribution in [-0.4, -0.2) is 56.4 Å². The third kappa shape index (κ3) is 4.81. The lowest BCUT2D eigenvalue weighted by Gasteiger charge is -2.34. The molecule has 1 aliphatic rings. The molecule has 3 rings (SSSR count). The van der Waals surface area contributed by atoms with Crippen molar-refractivity contribution in [2.75, 3.05) is 32.7 Å². The molecular weight excluding hydrogens is 405 g/mol. The van der Waals surface area contributed by atoms with E-state index in [0.717, 1.165) is 11.6 Å². The van der Waals surface area contributed by atoms with Crippen molar-refractivity contribution < 1.29 is 17.6 Å². The Kier molecular flexibility index (Phi) is 6.53. The molecule has 150 valence electrons. The number of carbonyl (C=O) groups is 1. The fraction of sp³-hybridized carbons (Fsp3) is 0.316. The van der Waals surface area contributed by atoms with Gasteiger partial charge in [0.1, 0.15) is 10.7 Å². The van der Waals surface area contributed by atoms with Gasteiger partial charge in [0.25, 0.3) is 0 Å². The lowest BCUT2D eigenvalue weighted by molar-refractivity contribution is 0.172. The maximum atomic E-state index is 13.9. The van der Waals surface area contributed by atoms with Crippen molar-refractivity contribution in [2.45, 2.75) is 11.3 Å². The van der Waals surface area contributed by atoms with Crippen LogP contribution in [0.5, 0.6) is 0 Å². The fourth-order valence-electron chi connectivity index (χ4n) is 3.00. The van der Waals surface area contributed by atoms with Crippen molar-refractivity contribution >= 4 is 27.7 Å². The maximum Gasteiger partial charge on any atom is 0.317 e. The van der Waals surface area contributed by atoms with Gasteiger partial charge in [0.05, 0.1) is 0 Å². The summed E-state index contributed by atoms with van der Waals surface area (Å²) in [6.07, 6.45) is 0.671. The second-order valence-corrected chi connectivity index (χ2v) is 8.77. The molecule has 2 aromatic carbocycles. The second-order valence-electron chi connectivity index (χ2n) is 6.43. The van der Waals surface area contributed by atoms with E-state index >= 15 is 0 Å². The third-order valence-electron chi connectivity index (χ3n) is 4.58. The zero-order valence-corrected chi connectivity index (χ0v) is 16.7. The smallest absolute Gasteiger partial charge is 0.317 e. The molecule has 1 fully saturated rings. The molecule has 6 nitrogen and oxygen atoms in total. The number of amides is 2. The van der Waals surface area contributed by atoms with E-state index in [1.54, 1.807) is 17.0 Å².